The van der Waals surface area contributed by atoms with Gasteiger partial charge in [0.25, 0.3) is 11.6 Å². The molecule has 1 amide bonds. The van der Waals surface area contributed by atoms with Gasteiger partial charge in [0, 0.05) is 17.6 Å². The zero-order valence-electron chi connectivity index (χ0n) is 15.6. The zero-order valence-corrected chi connectivity index (χ0v) is 15.6. The predicted molar refractivity (Wildman–Crippen MR) is 102 cm³/mol. The quantitative estimate of drug-likeness (QED) is 0.589. The third kappa shape index (κ3) is 3.03. The Labute approximate surface area is 155 Å². The van der Waals surface area contributed by atoms with E-state index in [1.54, 1.807) is 18.5 Å². The molecule has 138 valence electrons. The highest BCUT2D eigenvalue weighted by atomic mass is 16.5. The minimum Gasteiger partial charge on any atom is -0.336 e. The zero-order chi connectivity index (χ0) is 19.1. The Morgan fingerprint density at radius 3 is 2.67 bits per heavy atom. The van der Waals surface area contributed by atoms with Gasteiger partial charge in [-0.1, -0.05) is 19.0 Å². The van der Waals surface area contributed by atoms with Crippen molar-refractivity contribution in [2.45, 2.75) is 39.7 Å². The number of anilines is 1. The molecule has 8 heteroatoms. The van der Waals surface area contributed by atoms with Crippen molar-refractivity contribution >= 4 is 33.7 Å². The van der Waals surface area contributed by atoms with Gasteiger partial charge in [0.05, 0.1) is 34.7 Å². The van der Waals surface area contributed by atoms with Gasteiger partial charge >= 0.3 is 0 Å². The molecule has 0 atom stereocenters. The number of carbonyl (C=O) groups is 1. The van der Waals surface area contributed by atoms with Crippen molar-refractivity contribution in [3.05, 3.63) is 42.0 Å². The van der Waals surface area contributed by atoms with Gasteiger partial charge in [-0.2, -0.15) is 5.10 Å². The van der Waals surface area contributed by atoms with Crippen molar-refractivity contribution in [3.8, 4) is 0 Å². The summed E-state index contributed by atoms with van der Waals surface area (Å²) in [4.78, 5) is 21.3. The molecule has 4 aromatic rings. The fraction of sp³-hybridized carbons (Fsp3) is 0.316. The Morgan fingerprint density at radius 2 is 1.93 bits per heavy atom. The number of carbonyl (C=O) groups excluding carboxylic acids is 1. The summed E-state index contributed by atoms with van der Waals surface area (Å²) in [6.07, 6.45) is 4.86. The lowest BCUT2D eigenvalue weighted by atomic mass is 10.1. The van der Waals surface area contributed by atoms with E-state index in [0.717, 1.165) is 22.1 Å². The number of hydrogen-bond acceptors (Lipinski definition) is 6. The number of fused-ring (bicyclic) bond motifs is 2. The Kier molecular flexibility index (Phi) is 4.10. The van der Waals surface area contributed by atoms with Crippen LogP contribution in [0.25, 0.3) is 22.1 Å². The molecule has 0 radical (unpaired) electrons. The third-order valence-corrected chi connectivity index (χ3v) is 4.35. The van der Waals surface area contributed by atoms with Gasteiger partial charge in [0.15, 0.2) is 5.65 Å². The fourth-order valence-electron chi connectivity index (χ4n) is 2.98. The second kappa shape index (κ2) is 6.46. The summed E-state index contributed by atoms with van der Waals surface area (Å²) in [6.45, 7) is 8.12. The minimum absolute atomic E-state index is 0.176. The standard InChI is InChI=1S/C19H20N6O2/c1-10(2)16-15-6-13(7-21-19(15)27-24-16)18(26)23-14-5-12-8-22-25(11(3)4)17(12)20-9-14/h5-11H,1-4H3,(H,23,26). The molecule has 0 aliphatic rings. The minimum atomic E-state index is -0.266. The number of amides is 1. The molecule has 0 saturated heterocycles. The van der Waals surface area contributed by atoms with Crippen LogP contribution >= 0.6 is 0 Å². The summed E-state index contributed by atoms with van der Waals surface area (Å²) in [6, 6.07) is 3.83. The van der Waals surface area contributed by atoms with Crippen molar-refractivity contribution in [3.63, 3.8) is 0 Å². The first-order valence-electron chi connectivity index (χ1n) is 8.84. The van der Waals surface area contributed by atoms with Crippen LogP contribution in [0.4, 0.5) is 5.69 Å². The van der Waals surface area contributed by atoms with E-state index in [1.165, 1.54) is 6.20 Å². The molecule has 0 aromatic carbocycles. The fourth-order valence-corrected chi connectivity index (χ4v) is 2.98. The summed E-state index contributed by atoms with van der Waals surface area (Å²) >= 11 is 0. The van der Waals surface area contributed by atoms with Gasteiger partial charge in [-0.05, 0) is 31.9 Å². The van der Waals surface area contributed by atoms with Crippen LogP contribution in [0.1, 0.15) is 55.7 Å². The maximum absolute atomic E-state index is 12.7. The topological polar surface area (TPSA) is 98.7 Å². The number of pyridine rings is 2. The molecule has 4 rings (SSSR count). The Bertz CT molecular complexity index is 1140. The van der Waals surface area contributed by atoms with Crippen LogP contribution in [0.2, 0.25) is 0 Å². The summed E-state index contributed by atoms with van der Waals surface area (Å²) in [7, 11) is 0. The van der Waals surface area contributed by atoms with E-state index in [0.29, 0.717) is 17.0 Å². The van der Waals surface area contributed by atoms with Crippen molar-refractivity contribution in [1.82, 2.24) is 24.9 Å². The highest BCUT2D eigenvalue weighted by Crippen LogP contribution is 2.25. The van der Waals surface area contributed by atoms with E-state index < -0.39 is 0 Å². The van der Waals surface area contributed by atoms with Crippen molar-refractivity contribution in [1.29, 1.82) is 0 Å². The average molecular weight is 364 g/mol. The van der Waals surface area contributed by atoms with Crippen molar-refractivity contribution < 1.29 is 9.32 Å². The third-order valence-electron chi connectivity index (χ3n) is 4.35. The smallest absolute Gasteiger partial charge is 0.257 e. The SMILES string of the molecule is CC(C)c1noc2ncc(C(=O)Nc3cnc4c(cnn4C(C)C)c3)cc12. The van der Waals surface area contributed by atoms with Crippen molar-refractivity contribution in [2.75, 3.05) is 5.32 Å². The van der Waals surface area contributed by atoms with Crippen LogP contribution in [0.15, 0.2) is 35.2 Å². The molecule has 4 aromatic heterocycles. The van der Waals surface area contributed by atoms with Crippen LogP contribution in [0.5, 0.6) is 0 Å². The highest BCUT2D eigenvalue weighted by molar-refractivity contribution is 6.06. The van der Waals surface area contributed by atoms with Crippen LogP contribution < -0.4 is 5.32 Å². The number of nitrogens with zero attached hydrogens (tertiary/aromatic N) is 5. The average Bonchev–Trinajstić information content (AvgIpc) is 3.24. The van der Waals surface area contributed by atoms with Gasteiger partial charge in [-0.25, -0.2) is 14.6 Å². The molecule has 8 nitrogen and oxygen atoms in total. The number of hydrogen-bond donors (Lipinski definition) is 1. The second-order valence-corrected chi connectivity index (χ2v) is 7.07. The van der Waals surface area contributed by atoms with Gasteiger partial charge < -0.3 is 9.84 Å². The van der Waals surface area contributed by atoms with E-state index in [1.807, 2.05) is 38.4 Å². The first-order valence-corrected chi connectivity index (χ1v) is 8.84. The molecule has 4 heterocycles. The molecule has 27 heavy (non-hydrogen) atoms. The van der Waals surface area contributed by atoms with Gasteiger partial charge in [0.2, 0.25) is 0 Å². The largest absolute Gasteiger partial charge is 0.336 e. The Morgan fingerprint density at radius 1 is 1.11 bits per heavy atom. The molecule has 0 fully saturated rings. The molecular formula is C19H20N6O2. The number of rotatable bonds is 4. The summed E-state index contributed by atoms with van der Waals surface area (Å²) in [5.74, 6) is -0.0897. The van der Waals surface area contributed by atoms with Gasteiger partial charge in [-0.15, -0.1) is 0 Å². The molecule has 0 spiro atoms. The normalized spacial score (nSPS) is 11.8. The van der Waals surface area contributed by atoms with Crippen LogP contribution in [0, 0.1) is 0 Å². The molecule has 0 bridgehead atoms. The van der Waals surface area contributed by atoms with E-state index >= 15 is 0 Å². The molecule has 0 saturated carbocycles. The van der Waals surface area contributed by atoms with E-state index in [-0.39, 0.29) is 17.9 Å². The second-order valence-electron chi connectivity index (χ2n) is 7.07. The van der Waals surface area contributed by atoms with Crippen LogP contribution in [0.3, 0.4) is 0 Å². The summed E-state index contributed by atoms with van der Waals surface area (Å²) in [5.41, 5.74) is 3.05. The molecule has 0 aliphatic heterocycles. The highest BCUT2D eigenvalue weighted by Gasteiger charge is 2.16. The Hall–Kier alpha value is -3.29. The van der Waals surface area contributed by atoms with Gasteiger partial charge in [0.1, 0.15) is 0 Å². The first kappa shape index (κ1) is 17.1. The predicted octanol–water partition coefficient (Wildman–Crippen LogP) is 3.92. The lowest BCUT2D eigenvalue weighted by Crippen LogP contribution is -2.12. The number of nitrogens with one attached hydrogen (secondary N) is 1. The molecule has 0 unspecified atom stereocenters. The lowest BCUT2D eigenvalue weighted by Gasteiger charge is -2.08. The van der Waals surface area contributed by atoms with Crippen LogP contribution in [-0.2, 0) is 0 Å². The summed E-state index contributed by atoms with van der Waals surface area (Å²) < 4.78 is 7.07. The van der Waals surface area contributed by atoms with E-state index in [9.17, 15) is 4.79 Å². The molecular weight excluding hydrogens is 344 g/mol. The first-order chi connectivity index (χ1) is 12.9. The monoisotopic (exact) mass is 364 g/mol. The van der Waals surface area contributed by atoms with E-state index in [2.05, 4.69) is 25.5 Å². The summed E-state index contributed by atoms with van der Waals surface area (Å²) in [5, 5.41) is 12.9. The lowest BCUT2D eigenvalue weighted by molar-refractivity contribution is 0.102. The van der Waals surface area contributed by atoms with Gasteiger partial charge in [-0.3, -0.25) is 4.79 Å². The molecule has 0 aliphatic carbocycles. The maximum Gasteiger partial charge on any atom is 0.257 e. The molecule has 1 N–H and O–H groups in total. The van der Waals surface area contributed by atoms with Crippen LogP contribution in [-0.4, -0.2) is 30.8 Å². The number of aromatic nitrogens is 5. The van der Waals surface area contributed by atoms with E-state index in [4.69, 9.17) is 4.52 Å². The maximum atomic E-state index is 12.7. The van der Waals surface area contributed by atoms with Crippen molar-refractivity contribution in [2.24, 2.45) is 0 Å². The Balaban J connectivity index is 1.63.